The Labute approximate surface area is 240 Å². The van der Waals surface area contributed by atoms with E-state index in [1.54, 1.807) is 0 Å². The molecule has 196 valence electrons. The van der Waals surface area contributed by atoms with Crippen LogP contribution in [-0.2, 0) is 5.41 Å². The fraction of sp³-hybridized carbons (Fsp3) is 0.135. The SMILES string of the molecule is CC1(C)C2=C(C=C(c3cccc(-c4nc(-c5ccccc5)nc(-c5ccccc5)n4)c3)CC2)c2c(C#N)cccc21. The van der Waals surface area contributed by atoms with E-state index in [4.69, 9.17) is 15.0 Å². The van der Waals surface area contributed by atoms with Crippen molar-refractivity contribution in [3.8, 4) is 40.2 Å². The predicted octanol–water partition coefficient (Wildman–Crippen LogP) is 8.67. The van der Waals surface area contributed by atoms with Crippen LogP contribution < -0.4 is 0 Å². The van der Waals surface area contributed by atoms with E-state index < -0.39 is 0 Å². The molecule has 4 nitrogen and oxygen atoms in total. The Morgan fingerprint density at radius 2 is 1.20 bits per heavy atom. The summed E-state index contributed by atoms with van der Waals surface area (Å²) >= 11 is 0. The van der Waals surface area contributed by atoms with E-state index in [0.29, 0.717) is 17.5 Å². The summed E-state index contributed by atoms with van der Waals surface area (Å²) in [7, 11) is 0. The monoisotopic (exact) mass is 528 g/mol. The Balaban J connectivity index is 1.34. The third kappa shape index (κ3) is 4.27. The van der Waals surface area contributed by atoms with Crippen molar-refractivity contribution in [1.29, 1.82) is 5.26 Å². The fourth-order valence-corrected chi connectivity index (χ4v) is 6.24. The van der Waals surface area contributed by atoms with Gasteiger partial charge in [0.15, 0.2) is 17.5 Å². The van der Waals surface area contributed by atoms with Gasteiger partial charge in [-0.15, -0.1) is 0 Å². The molecule has 2 aliphatic carbocycles. The van der Waals surface area contributed by atoms with Gasteiger partial charge in [0.25, 0.3) is 0 Å². The highest BCUT2D eigenvalue weighted by atomic mass is 15.0. The second kappa shape index (κ2) is 9.80. The van der Waals surface area contributed by atoms with Crippen molar-refractivity contribution in [2.45, 2.75) is 32.1 Å². The van der Waals surface area contributed by atoms with Crippen molar-refractivity contribution in [1.82, 2.24) is 15.0 Å². The number of fused-ring (bicyclic) bond motifs is 2. The lowest BCUT2D eigenvalue weighted by Gasteiger charge is -2.27. The first-order valence-corrected chi connectivity index (χ1v) is 14.0. The van der Waals surface area contributed by atoms with E-state index >= 15 is 0 Å². The number of hydrogen-bond donors (Lipinski definition) is 0. The van der Waals surface area contributed by atoms with Gasteiger partial charge in [0.2, 0.25) is 0 Å². The molecule has 4 heteroatoms. The van der Waals surface area contributed by atoms with Crippen LogP contribution in [0.3, 0.4) is 0 Å². The number of hydrogen-bond acceptors (Lipinski definition) is 4. The first-order chi connectivity index (χ1) is 20.0. The molecule has 1 aromatic heterocycles. The number of aromatic nitrogens is 3. The molecule has 0 fully saturated rings. The third-order valence-corrected chi connectivity index (χ3v) is 8.36. The molecule has 4 aromatic carbocycles. The Kier molecular flexibility index (Phi) is 5.94. The second-order valence-corrected chi connectivity index (χ2v) is 11.1. The minimum atomic E-state index is -0.0754. The van der Waals surface area contributed by atoms with Gasteiger partial charge in [-0.1, -0.05) is 116 Å². The Morgan fingerprint density at radius 3 is 1.83 bits per heavy atom. The van der Waals surface area contributed by atoms with E-state index in [1.165, 1.54) is 22.3 Å². The van der Waals surface area contributed by atoms with Crippen LogP contribution >= 0.6 is 0 Å². The standard InChI is InChI=1S/C37H28N4/c1-37(2)31-20-19-27(22-30(31)33-29(23-38)17-10-18-32(33)37)26-15-9-16-28(21-26)36-40-34(24-11-5-3-6-12-24)39-35(41-36)25-13-7-4-8-14-25/h3-18,21-22H,19-20H2,1-2H3. The predicted molar refractivity (Wildman–Crippen MR) is 164 cm³/mol. The number of allylic oxidation sites excluding steroid dienone is 4. The second-order valence-electron chi connectivity index (χ2n) is 11.1. The van der Waals surface area contributed by atoms with Gasteiger partial charge in [-0.05, 0) is 47.2 Å². The van der Waals surface area contributed by atoms with Gasteiger partial charge >= 0.3 is 0 Å². The molecule has 0 saturated heterocycles. The maximum Gasteiger partial charge on any atom is 0.164 e. The number of rotatable bonds is 4. The number of benzene rings is 4. The zero-order chi connectivity index (χ0) is 28.0. The first-order valence-electron chi connectivity index (χ1n) is 14.0. The zero-order valence-electron chi connectivity index (χ0n) is 23.1. The molecule has 41 heavy (non-hydrogen) atoms. The fourth-order valence-electron chi connectivity index (χ4n) is 6.24. The van der Waals surface area contributed by atoms with Gasteiger partial charge in [-0.3, -0.25) is 0 Å². The van der Waals surface area contributed by atoms with Crippen LogP contribution in [0.1, 0.15) is 48.9 Å². The molecule has 0 aliphatic heterocycles. The lowest BCUT2D eigenvalue weighted by Crippen LogP contribution is -2.18. The lowest BCUT2D eigenvalue weighted by atomic mass is 9.77. The molecule has 0 spiro atoms. The van der Waals surface area contributed by atoms with Gasteiger partial charge in [-0.25, -0.2) is 15.0 Å². The van der Waals surface area contributed by atoms with E-state index in [-0.39, 0.29) is 5.41 Å². The highest BCUT2D eigenvalue weighted by Gasteiger charge is 2.39. The summed E-state index contributed by atoms with van der Waals surface area (Å²) in [5, 5.41) is 9.90. The van der Waals surface area contributed by atoms with Gasteiger partial charge in [0, 0.05) is 27.7 Å². The normalized spacial score (nSPS) is 15.1. The maximum absolute atomic E-state index is 9.90. The molecule has 0 radical (unpaired) electrons. The molecule has 2 aliphatic rings. The maximum atomic E-state index is 9.90. The van der Waals surface area contributed by atoms with Crippen molar-refractivity contribution < 1.29 is 0 Å². The number of nitrogens with zero attached hydrogens (tertiary/aromatic N) is 4. The molecule has 0 bridgehead atoms. The van der Waals surface area contributed by atoms with E-state index in [0.717, 1.165) is 46.2 Å². The van der Waals surface area contributed by atoms with Crippen LogP contribution in [0, 0.1) is 11.3 Å². The van der Waals surface area contributed by atoms with Crippen molar-refractivity contribution in [2.24, 2.45) is 0 Å². The van der Waals surface area contributed by atoms with Crippen molar-refractivity contribution >= 4 is 11.1 Å². The van der Waals surface area contributed by atoms with Crippen LogP contribution in [-0.4, -0.2) is 15.0 Å². The van der Waals surface area contributed by atoms with Gasteiger partial charge in [-0.2, -0.15) is 5.26 Å². The summed E-state index contributed by atoms with van der Waals surface area (Å²) < 4.78 is 0. The van der Waals surface area contributed by atoms with Crippen LogP contribution in [0.25, 0.3) is 45.3 Å². The van der Waals surface area contributed by atoms with Crippen LogP contribution in [0.5, 0.6) is 0 Å². The Hall–Kier alpha value is -5.14. The van der Waals surface area contributed by atoms with Crippen molar-refractivity contribution in [2.75, 3.05) is 0 Å². The molecule has 7 rings (SSSR count). The Bertz CT molecular complexity index is 1850. The first kappa shape index (κ1) is 24.9. The van der Waals surface area contributed by atoms with Crippen LogP contribution in [0.2, 0.25) is 0 Å². The molecular weight excluding hydrogens is 500 g/mol. The van der Waals surface area contributed by atoms with Crippen molar-refractivity contribution in [3.63, 3.8) is 0 Å². The molecule has 0 N–H and O–H groups in total. The number of nitriles is 1. The molecular formula is C37H28N4. The van der Waals surface area contributed by atoms with Gasteiger partial charge < -0.3 is 0 Å². The average Bonchev–Trinajstić information content (AvgIpc) is 3.27. The summed E-state index contributed by atoms with van der Waals surface area (Å²) in [6.07, 6.45) is 4.23. The summed E-state index contributed by atoms with van der Waals surface area (Å²) in [6, 6.07) is 37.2. The van der Waals surface area contributed by atoms with Gasteiger partial charge in [0.05, 0.1) is 11.6 Å². The molecule has 0 atom stereocenters. The van der Waals surface area contributed by atoms with Crippen LogP contribution in [0.4, 0.5) is 0 Å². The molecule has 1 heterocycles. The topological polar surface area (TPSA) is 62.5 Å². The molecule has 0 unspecified atom stereocenters. The molecule has 0 amide bonds. The molecule has 0 saturated carbocycles. The smallest absolute Gasteiger partial charge is 0.164 e. The Morgan fingerprint density at radius 1 is 0.634 bits per heavy atom. The van der Waals surface area contributed by atoms with E-state index in [2.05, 4.69) is 56.3 Å². The van der Waals surface area contributed by atoms with E-state index in [9.17, 15) is 5.26 Å². The minimum absolute atomic E-state index is 0.0754. The summed E-state index contributed by atoms with van der Waals surface area (Å²) in [5.74, 6) is 1.95. The van der Waals surface area contributed by atoms with Crippen molar-refractivity contribution in [3.05, 3.63) is 137 Å². The summed E-state index contributed by atoms with van der Waals surface area (Å²) in [6.45, 7) is 4.56. The highest BCUT2D eigenvalue weighted by molar-refractivity contribution is 5.95. The quantitative estimate of drug-likeness (QED) is 0.234. The summed E-state index contributed by atoms with van der Waals surface area (Å²) in [4.78, 5) is 14.7. The minimum Gasteiger partial charge on any atom is -0.208 e. The largest absolute Gasteiger partial charge is 0.208 e. The highest BCUT2D eigenvalue weighted by Crippen LogP contribution is 2.53. The third-order valence-electron chi connectivity index (χ3n) is 8.36. The summed E-state index contributed by atoms with van der Waals surface area (Å²) in [5.41, 5.74) is 10.9. The lowest BCUT2D eigenvalue weighted by molar-refractivity contribution is 0.609. The van der Waals surface area contributed by atoms with E-state index in [1.807, 2.05) is 72.8 Å². The molecule has 5 aromatic rings. The zero-order valence-corrected chi connectivity index (χ0v) is 23.1. The average molecular weight is 529 g/mol. The van der Waals surface area contributed by atoms with Gasteiger partial charge in [0.1, 0.15) is 0 Å². The van der Waals surface area contributed by atoms with Crippen LogP contribution in [0.15, 0.2) is 115 Å².